The van der Waals surface area contributed by atoms with Crippen molar-refractivity contribution in [1.29, 1.82) is 0 Å². The fraction of sp³-hybridized carbons (Fsp3) is 0.714. The molecule has 0 aliphatic heterocycles. The predicted molar refractivity (Wildman–Crippen MR) is 74.6 cm³/mol. The second-order valence-electron chi connectivity index (χ2n) is 5.16. The van der Waals surface area contributed by atoms with Gasteiger partial charge in [-0.15, -0.1) is 0 Å². The SMILES string of the molecule is CCCO[C@H](C)C(=O)NCc1cncn1CC(C)C. The lowest BCUT2D eigenvalue weighted by atomic mass is 10.2. The van der Waals surface area contributed by atoms with E-state index in [9.17, 15) is 4.79 Å². The Labute approximate surface area is 115 Å². The zero-order valence-electron chi connectivity index (χ0n) is 12.3. The molecule has 1 atom stereocenters. The Balaban J connectivity index is 2.43. The van der Waals surface area contributed by atoms with Crippen LogP contribution in [0.15, 0.2) is 12.5 Å². The molecule has 0 aliphatic carbocycles. The number of hydrogen-bond acceptors (Lipinski definition) is 3. The fourth-order valence-corrected chi connectivity index (χ4v) is 1.74. The minimum absolute atomic E-state index is 0.0780. The van der Waals surface area contributed by atoms with Crippen molar-refractivity contribution in [1.82, 2.24) is 14.9 Å². The van der Waals surface area contributed by atoms with Crippen molar-refractivity contribution in [3.05, 3.63) is 18.2 Å². The van der Waals surface area contributed by atoms with E-state index in [0.717, 1.165) is 18.7 Å². The largest absolute Gasteiger partial charge is 0.369 e. The van der Waals surface area contributed by atoms with Crippen molar-refractivity contribution in [3.63, 3.8) is 0 Å². The molecule has 1 aromatic heterocycles. The zero-order chi connectivity index (χ0) is 14.3. The van der Waals surface area contributed by atoms with E-state index in [0.29, 0.717) is 19.1 Å². The van der Waals surface area contributed by atoms with Crippen LogP contribution >= 0.6 is 0 Å². The lowest BCUT2D eigenvalue weighted by Crippen LogP contribution is -2.34. The first kappa shape index (κ1) is 15.7. The van der Waals surface area contributed by atoms with E-state index in [-0.39, 0.29) is 5.91 Å². The smallest absolute Gasteiger partial charge is 0.249 e. The van der Waals surface area contributed by atoms with E-state index in [1.807, 2.05) is 6.92 Å². The van der Waals surface area contributed by atoms with Gasteiger partial charge in [-0.05, 0) is 19.3 Å². The summed E-state index contributed by atoms with van der Waals surface area (Å²) in [7, 11) is 0. The van der Waals surface area contributed by atoms with E-state index >= 15 is 0 Å². The molecule has 5 nitrogen and oxygen atoms in total. The molecule has 19 heavy (non-hydrogen) atoms. The molecule has 0 radical (unpaired) electrons. The molecule has 108 valence electrons. The monoisotopic (exact) mass is 267 g/mol. The topological polar surface area (TPSA) is 56.1 Å². The summed E-state index contributed by atoms with van der Waals surface area (Å²) in [4.78, 5) is 15.9. The van der Waals surface area contributed by atoms with Gasteiger partial charge in [-0.3, -0.25) is 4.79 Å². The minimum Gasteiger partial charge on any atom is -0.369 e. The van der Waals surface area contributed by atoms with Crippen molar-refractivity contribution in [2.24, 2.45) is 5.92 Å². The number of nitrogens with one attached hydrogen (secondary N) is 1. The highest BCUT2D eigenvalue weighted by atomic mass is 16.5. The van der Waals surface area contributed by atoms with Crippen molar-refractivity contribution in [3.8, 4) is 0 Å². The summed E-state index contributed by atoms with van der Waals surface area (Å²) in [6.45, 7) is 10.1. The predicted octanol–water partition coefficient (Wildman–Crippen LogP) is 1.97. The maximum absolute atomic E-state index is 11.8. The molecule has 0 aromatic carbocycles. The van der Waals surface area contributed by atoms with Crippen molar-refractivity contribution in [2.45, 2.75) is 53.3 Å². The van der Waals surface area contributed by atoms with Gasteiger partial charge < -0.3 is 14.6 Å². The number of ether oxygens (including phenoxy) is 1. The van der Waals surface area contributed by atoms with Crippen LogP contribution in [-0.2, 0) is 22.6 Å². The minimum atomic E-state index is -0.401. The molecule has 0 spiro atoms. The first-order valence-corrected chi connectivity index (χ1v) is 6.92. The van der Waals surface area contributed by atoms with E-state index in [2.05, 4.69) is 28.7 Å². The highest BCUT2D eigenvalue weighted by Crippen LogP contribution is 2.04. The number of carbonyl (C=O) groups excluding carboxylic acids is 1. The molecule has 0 saturated carbocycles. The van der Waals surface area contributed by atoms with Gasteiger partial charge in [-0.1, -0.05) is 20.8 Å². The first-order valence-electron chi connectivity index (χ1n) is 6.92. The Bertz CT molecular complexity index is 388. The summed E-state index contributed by atoms with van der Waals surface area (Å²) in [6, 6.07) is 0. The van der Waals surface area contributed by atoms with Gasteiger partial charge in [0, 0.05) is 19.3 Å². The Kier molecular flexibility index (Phi) is 6.56. The average Bonchev–Trinajstić information content (AvgIpc) is 2.79. The number of rotatable bonds is 8. The first-order chi connectivity index (χ1) is 9.04. The van der Waals surface area contributed by atoms with Gasteiger partial charge in [0.05, 0.1) is 18.6 Å². The lowest BCUT2D eigenvalue weighted by molar-refractivity contribution is -0.131. The van der Waals surface area contributed by atoms with Crippen LogP contribution in [0.25, 0.3) is 0 Å². The molecule has 5 heteroatoms. The Hall–Kier alpha value is -1.36. The van der Waals surface area contributed by atoms with E-state index in [4.69, 9.17) is 4.74 Å². The second-order valence-corrected chi connectivity index (χ2v) is 5.16. The maximum atomic E-state index is 11.8. The summed E-state index contributed by atoms with van der Waals surface area (Å²) in [5.41, 5.74) is 1.02. The lowest BCUT2D eigenvalue weighted by Gasteiger charge is -2.14. The Morgan fingerprint density at radius 2 is 2.21 bits per heavy atom. The average molecular weight is 267 g/mol. The van der Waals surface area contributed by atoms with Crippen molar-refractivity contribution >= 4 is 5.91 Å². The van der Waals surface area contributed by atoms with E-state index < -0.39 is 6.10 Å². The molecule has 1 amide bonds. The number of aromatic nitrogens is 2. The third-order valence-corrected chi connectivity index (χ3v) is 2.75. The third-order valence-electron chi connectivity index (χ3n) is 2.75. The second kappa shape index (κ2) is 7.94. The molecular formula is C14H25N3O2. The number of hydrogen-bond donors (Lipinski definition) is 1. The summed E-state index contributed by atoms with van der Waals surface area (Å²) < 4.78 is 7.46. The Morgan fingerprint density at radius 3 is 2.84 bits per heavy atom. The number of carbonyl (C=O) groups is 1. The standard InChI is InChI=1S/C14H25N3O2/c1-5-6-19-12(4)14(18)16-8-13-7-15-10-17(13)9-11(2)3/h7,10-12H,5-6,8-9H2,1-4H3,(H,16,18)/t12-/m1/s1. The van der Waals surface area contributed by atoms with Crippen LogP contribution in [0.2, 0.25) is 0 Å². The van der Waals surface area contributed by atoms with Crippen LogP contribution in [-0.4, -0.2) is 28.2 Å². The normalized spacial score (nSPS) is 12.7. The van der Waals surface area contributed by atoms with Crippen LogP contribution < -0.4 is 5.32 Å². The fourth-order valence-electron chi connectivity index (χ4n) is 1.74. The van der Waals surface area contributed by atoms with Crippen molar-refractivity contribution < 1.29 is 9.53 Å². The van der Waals surface area contributed by atoms with Crippen LogP contribution in [0, 0.1) is 5.92 Å². The van der Waals surface area contributed by atoms with Gasteiger partial charge >= 0.3 is 0 Å². The van der Waals surface area contributed by atoms with Crippen LogP contribution in [0.5, 0.6) is 0 Å². The summed E-state index contributed by atoms with van der Waals surface area (Å²) >= 11 is 0. The van der Waals surface area contributed by atoms with Gasteiger partial charge in [0.15, 0.2) is 0 Å². The number of amides is 1. The van der Waals surface area contributed by atoms with Gasteiger partial charge in [-0.2, -0.15) is 0 Å². The van der Waals surface area contributed by atoms with Gasteiger partial charge in [-0.25, -0.2) is 4.98 Å². The van der Waals surface area contributed by atoms with Gasteiger partial charge in [0.2, 0.25) is 5.91 Å². The van der Waals surface area contributed by atoms with Crippen LogP contribution in [0.4, 0.5) is 0 Å². The van der Waals surface area contributed by atoms with Gasteiger partial charge in [0.1, 0.15) is 6.10 Å². The molecule has 1 N–H and O–H groups in total. The quantitative estimate of drug-likeness (QED) is 0.783. The molecule has 1 heterocycles. The zero-order valence-corrected chi connectivity index (χ0v) is 12.3. The number of imidazole rings is 1. The Morgan fingerprint density at radius 1 is 1.47 bits per heavy atom. The number of nitrogens with zero attached hydrogens (tertiary/aromatic N) is 2. The summed E-state index contributed by atoms with van der Waals surface area (Å²) in [5, 5.41) is 2.88. The molecule has 0 bridgehead atoms. The maximum Gasteiger partial charge on any atom is 0.249 e. The molecule has 0 fully saturated rings. The molecule has 0 aliphatic rings. The highest BCUT2D eigenvalue weighted by molar-refractivity contribution is 5.80. The van der Waals surface area contributed by atoms with E-state index in [1.54, 1.807) is 19.4 Å². The molecule has 0 unspecified atom stereocenters. The molecule has 1 aromatic rings. The van der Waals surface area contributed by atoms with Gasteiger partial charge in [0.25, 0.3) is 0 Å². The molecule has 0 saturated heterocycles. The third kappa shape index (κ3) is 5.42. The van der Waals surface area contributed by atoms with Crippen molar-refractivity contribution in [2.75, 3.05) is 6.61 Å². The summed E-state index contributed by atoms with van der Waals surface area (Å²) in [6.07, 6.45) is 4.11. The molecular weight excluding hydrogens is 242 g/mol. The van der Waals surface area contributed by atoms with E-state index in [1.165, 1.54) is 0 Å². The van der Waals surface area contributed by atoms with Crippen LogP contribution in [0.1, 0.15) is 39.8 Å². The van der Waals surface area contributed by atoms with Crippen LogP contribution in [0.3, 0.4) is 0 Å². The highest BCUT2D eigenvalue weighted by Gasteiger charge is 2.13. The summed E-state index contributed by atoms with van der Waals surface area (Å²) in [5.74, 6) is 0.473. The molecule has 1 rings (SSSR count).